The van der Waals surface area contributed by atoms with Crippen molar-refractivity contribution in [2.24, 2.45) is 0 Å². The normalized spacial score (nSPS) is 30.2. The third kappa shape index (κ3) is 4.01. The van der Waals surface area contributed by atoms with Gasteiger partial charge in [0.2, 0.25) is 0 Å². The maximum Gasteiger partial charge on any atom is 0.0670 e. The van der Waals surface area contributed by atoms with Crippen molar-refractivity contribution in [3.63, 3.8) is 0 Å². The number of aliphatic hydroxyl groups is 1. The summed E-state index contributed by atoms with van der Waals surface area (Å²) in [6.07, 6.45) is 1.68. The zero-order chi connectivity index (χ0) is 10.4. The minimum absolute atomic E-state index is 0.155. The molecular formula is C10H20O2S2. The molecule has 1 heterocycles. The van der Waals surface area contributed by atoms with Crippen molar-refractivity contribution in [2.75, 3.05) is 25.2 Å². The molecule has 1 aliphatic rings. The van der Waals surface area contributed by atoms with E-state index in [1.54, 1.807) is 7.11 Å². The van der Waals surface area contributed by atoms with Crippen LogP contribution in [0.1, 0.15) is 19.8 Å². The zero-order valence-corrected chi connectivity index (χ0v) is 10.6. The summed E-state index contributed by atoms with van der Waals surface area (Å²) in [5.41, 5.74) is 0. The Morgan fingerprint density at radius 3 is 2.79 bits per heavy atom. The molecule has 1 saturated heterocycles. The molecule has 3 atom stereocenters. The number of hydrogen-bond acceptors (Lipinski definition) is 4. The Morgan fingerprint density at radius 1 is 1.43 bits per heavy atom. The van der Waals surface area contributed by atoms with E-state index in [1.807, 2.05) is 23.5 Å². The van der Waals surface area contributed by atoms with Crippen molar-refractivity contribution in [3.05, 3.63) is 0 Å². The van der Waals surface area contributed by atoms with E-state index in [9.17, 15) is 5.11 Å². The van der Waals surface area contributed by atoms with E-state index in [2.05, 4.69) is 6.92 Å². The second kappa shape index (κ2) is 6.99. The minimum atomic E-state index is -0.155. The number of thioether (sulfide) groups is 2. The fraction of sp³-hybridized carbons (Fsp3) is 1.00. The molecule has 0 aliphatic carbocycles. The molecule has 1 rings (SSSR count). The van der Waals surface area contributed by atoms with E-state index in [0.29, 0.717) is 10.5 Å². The van der Waals surface area contributed by atoms with Crippen molar-refractivity contribution < 1.29 is 9.84 Å². The number of hydrogen-bond donors (Lipinski definition) is 1. The third-order valence-corrected chi connectivity index (χ3v) is 5.70. The third-order valence-electron chi connectivity index (χ3n) is 2.46. The smallest absolute Gasteiger partial charge is 0.0670 e. The summed E-state index contributed by atoms with van der Waals surface area (Å²) in [5.74, 6) is 2.41. The Morgan fingerprint density at radius 2 is 2.14 bits per heavy atom. The van der Waals surface area contributed by atoms with E-state index in [4.69, 9.17) is 4.74 Å². The molecule has 0 radical (unpaired) electrons. The van der Waals surface area contributed by atoms with Crippen LogP contribution in [0.5, 0.6) is 0 Å². The lowest BCUT2D eigenvalue weighted by atomic mass is 10.1. The summed E-state index contributed by atoms with van der Waals surface area (Å²) >= 11 is 3.91. The molecule has 1 fully saturated rings. The number of ether oxygens (including phenoxy) is 1. The highest BCUT2D eigenvalue weighted by Gasteiger charge is 2.28. The van der Waals surface area contributed by atoms with Crippen molar-refractivity contribution in [1.82, 2.24) is 0 Å². The van der Waals surface area contributed by atoms with Crippen molar-refractivity contribution in [1.29, 1.82) is 0 Å². The predicted molar refractivity (Wildman–Crippen MR) is 65.3 cm³/mol. The van der Waals surface area contributed by atoms with Gasteiger partial charge in [-0.3, -0.25) is 0 Å². The van der Waals surface area contributed by atoms with Gasteiger partial charge in [-0.2, -0.15) is 23.5 Å². The van der Waals surface area contributed by atoms with Gasteiger partial charge >= 0.3 is 0 Å². The van der Waals surface area contributed by atoms with Crippen LogP contribution in [0, 0.1) is 0 Å². The Bertz CT molecular complexity index is 155. The molecule has 4 heteroatoms. The quantitative estimate of drug-likeness (QED) is 0.740. The second-order valence-corrected chi connectivity index (χ2v) is 6.38. The Kier molecular flexibility index (Phi) is 6.33. The lowest BCUT2D eigenvalue weighted by Crippen LogP contribution is -2.34. The fourth-order valence-corrected chi connectivity index (χ4v) is 4.56. The first kappa shape index (κ1) is 12.7. The fourth-order valence-electron chi connectivity index (χ4n) is 1.67. The number of methoxy groups -OCH3 is 1. The van der Waals surface area contributed by atoms with Crippen molar-refractivity contribution >= 4 is 23.5 Å². The standard InChI is InChI=1S/C10H20O2S2/c1-8-10(14-7-6-13-8)9(11)4-3-5-12-2/h8-11H,3-7H2,1-2H3. The largest absolute Gasteiger partial charge is 0.392 e. The Labute approximate surface area is 95.2 Å². The van der Waals surface area contributed by atoms with Gasteiger partial charge in [0, 0.05) is 35.7 Å². The molecule has 3 unspecified atom stereocenters. The molecule has 2 nitrogen and oxygen atoms in total. The average molecular weight is 236 g/mol. The predicted octanol–water partition coefficient (Wildman–Crippen LogP) is 2.01. The van der Waals surface area contributed by atoms with Crippen LogP contribution in [0.3, 0.4) is 0 Å². The van der Waals surface area contributed by atoms with Gasteiger partial charge in [-0.05, 0) is 12.8 Å². The highest BCUT2D eigenvalue weighted by atomic mass is 32.2. The molecular weight excluding hydrogens is 216 g/mol. The molecule has 1 N–H and O–H groups in total. The molecule has 14 heavy (non-hydrogen) atoms. The molecule has 0 aromatic carbocycles. The lowest BCUT2D eigenvalue weighted by molar-refractivity contribution is 0.133. The Balaban J connectivity index is 2.23. The van der Waals surface area contributed by atoms with E-state index in [-0.39, 0.29) is 6.10 Å². The van der Waals surface area contributed by atoms with Gasteiger partial charge in [0.15, 0.2) is 0 Å². The Hall–Kier alpha value is 0.620. The van der Waals surface area contributed by atoms with Gasteiger partial charge in [0.05, 0.1) is 6.10 Å². The van der Waals surface area contributed by atoms with Crippen molar-refractivity contribution in [2.45, 2.75) is 36.4 Å². The van der Waals surface area contributed by atoms with Gasteiger partial charge in [-0.15, -0.1) is 0 Å². The summed E-state index contributed by atoms with van der Waals surface area (Å²) in [5, 5.41) is 11.0. The first-order chi connectivity index (χ1) is 6.75. The van der Waals surface area contributed by atoms with Gasteiger partial charge in [0.25, 0.3) is 0 Å². The monoisotopic (exact) mass is 236 g/mol. The average Bonchev–Trinajstić information content (AvgIpc) is 2.18. The van der Waals surface area contributed by atoms with E-state index >= 15 is 0 Å². The topological polar surface area (TPSA) is 29.5 Å². The summed E-state index contributed by atoms with van der Waals surface area (Å²) in [6.45, 7) is 2.98. The maximum absolute atomic E-state index is 9.98. The van der Waals surface area contributed by atoms with E-state index < -0.39 is 0 Å². The molecule has 0 spiro atoms. The van der Waals surface area contributed by atoms with Crippen LogP contribution in [-0.4, -0.2) is 46.9 Å². The van der Waals surface area contributed by atoms with Gasteiger partial charge in [-0.25, -0.2) is 0 Å². The maximum atomic E-state index is 9.98. The van der Waals surface area contributed by atoms with Crippen molar-refractivity contribution in [3.8, 4) is 0 Å². The highest BCUT2D eigenvalue weighted by Crippen LogP contribution is 2.34. The zero-order valence-electron chi connectivity index (χ0n) is 8.94. The summed E-state index contributed by atoms with van der Waals surface area (Å²) in [7, 11) is 1.71. The SMILES string of the molecule is COCCCC(O)C1SCCSC1C. The van der Waals surface area contributed by atoms with Crippen LogP contribution in [0.4, 0.5) is 0 Å². The minimum Gasteiger partial charge on any atom is -0.392 e. The van der Waals surface area contributed by atoms with E-state index in [0.717, 1.165) is 19.4 Å². The van der Waals surface area contributed by atoms with E-state index in [1.165, 1.54) is 11.5 Å². The molecule has 0 amide bonds. The van der Waals surface area contributed by atoms with Gasteiger partial charge < -0.3 is 9.84 Å². The molecule has 84 valence electrons. The molecule has 0 saturated carbocycles. The molecule has 1 aliphatic heterocycles. The molecule has 0 bridgehead atoms. The van der Waals surface area contributed by atoms with Crippen LogP contribution in [0.15, 0.2) is 0 Å². The van der Waals surface area contributed by atoms with Crippen LogP contribution >= 0.6 is 23.5 Å². The highest BCUT2D eigenvalue weighted by molar-refractivity contribution is 8.07. The molecule has 0 aromatic heterocycles. The van der Waals surface area contributed by atoms with Crippen LogP contribution in [0.25, 0.3) is 0 Å². The number of aliphatic hydroxyl groups excluding tert-OH is 1. The summed E-state index contributed by atoms with van der Waals surface area (Å²) in [6, 6.07) is 0. The van der Waals surface area contributed by atoms with Gasteiger partial charge in [-0.1, -0.05) is 6.92 Å². The lowest BCUT2D eigenvalue weighted by Gasteiger charge is -2.31. The summed E-state index contributed by atoms with van der Waals surface area (Å²) in [4.78, 5) is 0. The second-order valence-electron chi connectivity index (χ2n) is 3.61. The van der Waals surface area contributed by atoms with Crippen LogP contribution in [-0.2, 0) is 4.74 Å². The van der Waals surface area contributed by atoms with Crippen LogP contribution < -0.4 is 0 Å². The first-order valence-corrected chi connectivity index (χ1v) is 7.25. The molecule has 0 aromatic rings. The van der Waals surface area contributed by atoms with Gasteiger partial charge in [0.1, 0.15) is 0 Å². The summed E-state index contributed by atoms with van der Waals surface area (Å²) < 4.78 is 4.98. The van der Waals surface area contributed by atoms with Crippen LogP contribution in [0.2, 0.25) is 0 Å². The number of rotatable bonds is 5. The first-order valence-electron chi connectivity index (χ1n) is 5.16.